The molecule has 4 rings (SSSR count). The van der Waals surface area contributed by atoms with Gasteiger partial charge in [0.1, 0.15) is 0 Å². The van der Waals surface area contributed by atoms with Gasteiger partial charge in [0, 0.05) is 19.4 Å². The molecule has 1 aromatic carbocycles. The minimum absolute atomic E-state index is 0.285. The molecular formula is C20H19N7O2. The van der Waals surface area contributed by atoms with Crippen LogP contribution >= 0.6 is 0 Å². The first-order valence-electron chi connectivity index (χ1n) is 8.97. The van der Waals surface area contributed by atoms with Crippen LogP contribution in [0.1, 0.15) is 16.7 Å². The van der Waals surface area contributed by atoms with Gasteiger partial charge in [-0.2, -0.15) is 10.1 Å². The third-order valence-corrected chi connectivity index (χ3v) is 4.55. The molecule has 0 unspecified atom stereocenters. The second kappa shape index (κ2) is 7.55. The van der Waals surface area contributed by atoms with Crippen molar-refractivity contribution < 1.29 is 0 Å². The molecular weight excluding hydrogens is 370 g/mol. The molecule has 3 aromatic heterocycles. The number of aryl methyl sites for hydroxylation is 2. The zero-order valence-electron chi connectivity index (χ0n) is 16.0. The van der Waals surface area contributed by atoms with E-state index in [0.29, 0.717) is 18.0 Å². The van der Waals surface area contributed by atoms with Crippen molar-refractivity contribution in [2.24, 2.45) is 12.1 Å². The Morgan fingerprint density at radius 3 is 2.59 bits per heavy atom. The van der Waals surface area contributed by atoms with Gasteiger partial charge in [0.25, 0.3) is 5.56 Å². The lowest BCUT2D eigenvalue weighted by Gasteiger charge is -2.08. The van der Waals surface area contributed by atoms with Crippen LogP contribution in [0.2, 0.25) is 0 Å². The molecule has 0 atom stereocenters. The lowest BCUT2D eigenvalue weighted by Crippen LogP contribution is -2.29. The first-order valence-corrected chi connectivity index (χ1v) is 8.97. The quantitative estimate of drug-likeness (QED) is 0.398. The molecule has 3 heterocycles. The van der Waals surface area contributed by atoms with E-state index in [-0.39, 0.29) is 5.65 Å². The van der Waals surface area contributed by atoms with Crippen LogP contribution in [0.15, 0.2) is 63.5 Å². The summed E-state index contributed by atoms with van der Waals surface area (Å²) in [7, 11) is 1.56. The Morgan fingerprint density at radius 1 is 1.14 bits per heavy atom. The number of hydrazone groups is 1. The Bertz CT molecular complexity index is 1300. The van der Waals surface area contributed by atoms with Crippen LogP contribution in [0.5, 0.6) is 0 Å². The van der Waals surface area contributed by atoms with Gasteiger partial charge >= 0.3 is 5.69 Å². The van der Waals surface area contributed by atoms with E-state index in [4.69, 9.17) is 0 Å². The summed E-state index contributed by atoms with van der Waals surface area (Å²) in [5.41, 5.74) is 5.46. The highest BCUT2D eigenvalue weighted by Gasteiger charge is 2.17. The average molecular weight is 389 g/mol. The Labute approximate surface area is 165 Å². The van der Waals surface area contributed by atoms with Crippen molar-refractivity contribution in [3.63, 3.8) is 0 Å². The summed E-state index contributed by atoms with van der Waals surface area (Å²) < 4.78 is 3.02. The highest BCUT2D eigenvalue weighted by atomic mass is 16.2. The Hall–Kier alpha value is -4.01. The molecule has 0 bridgehead atoms. The number of pyridine rings is 1. The van der Waals surface area contributed by atoms with Crippen molar-refractivity contribution in [3.05, 3.63) is 86.3 Å². The molecule has 0 spiro atoms. The zero-order chi connectivity index (χ0) is 20.4. The average Bonchev–Trinajstić information content (AvgIpc) is 3.08. The number of aromatic amines is 1. The van der Waals surface area contributed by atoms with Crippen molar-refractivity contribution in [1.29, 1.82) is 0 Å². The van der Waals surface area contributed by atoms with E-state index < -0.39 is 11.2 Å². The summed E-state index contributed by atoms with van der Waals surface area (Å²) in [5, 5.41) is 4.22. The number of anilines is 1. The second-order valence-corrected chi connectivity index (χ2v) is 6.65. The maximum Gasteiger partial charge on any atom is 0.329 e. The largest absolute Gasteiger partial charge is 0.329 e. The standard InChI is InChI=1S/C20H19N7O2/c1-13-3-5-15(6-4-13)12-27-16-17(26(2)20(29)24-18(16)28)23-19(27)25-22-11-14-7-9-21-10-8-14/h3-11H,12H2,1-2H3,(H,23,25)(H,24,28,29)/b22-11-. The van der Waals surface area contributed by atoms with Crippen molar-refractivity contribution >= 4 is 23.3 Å². The second-order valence-electron chi connectivity index (χ2n) is 6.65. The third kappa shape index (κ3) is 3.70. The zero-order valence-corrected chi connectivity index (χ0v) is 16.0. The van der Waals surface area contributed by atoms with Crippen LogP contribution in [-0.4, -0.2) is 30.3 Å². The molecule has 29 heavy (non-hydrogen) atoms. The normalized spacial score (nSPS) is 11.4. The fourth-order valence-electron chi connectivity index (χ4n) is 2.96. The van der Waals surface area contributed by atoms with E-state index >= 15 is 0 Å². The third-order valence-electron chi connectivity index (χ3n) is 4.55. The fraction of sp³-hybridized carbons (Fsp3) is 0.150. The molecule has 4 aromatic rings. The van der Waals surface area contributed by atoms with Gasteiger partial charge in [0.2, 0.25) is 5.95 Å². The van der Waals surface area contributed by atoms with E-state index in [9.17, 15) is 9.59 Å². The summed E-state index contributed by atoms with van der Waals surface area (Å²) in [6, 6.07) is 11.6. The SMILES string of the molecule is Cc1ccc(Cn2c(N/N=C\c3ccncc3)nc3c2c(=O)[nH]c(=O)n3C)cc1. The van der Waals surface area contributed by atoms with Crippen LogP contribution in [0.25, 0.3) is 11.2 Å². The number of nitrogens with zero attached hydrogens (tertiary/aromatic N) is 5. The molecule has 0 aliphatic carbocycles. The lowest BCUT2D eigenvalue weighted by molar-refractivity contribution is 0.808. The van der Waals surface area contributed by atoms with E-state index in [1.807, 2.05) is 43.3 Å². The summed E-state index contributed by atoms with van der Waals surface area (Å²) in [6.07, 6.45) is 4.97. The first kappa shape index (κ1) is 18.4. The minimum Gasteiger partial charge on any atom is -0.298 e. The molecule has 0 amide bonds. The molecule has 146 valence electrons. The number of fused-ring (bicyclic) bond motifs is 1. The number of aromatic nitrogens is 5. The lowest BCUT2D eigenvalue weighted by atomic mass is 10.1. The molecule has 0 aliphatic heterocycles. The van der Waals surface area contributed by atoms with Crippen molar-refractivity contribution in [1.82, 2.24) is 24.1 Å². The summed E-state index contributed by atoms with van der Waals surface area (Å²) in [5.74, 6) is 0.359. The maximum atomic E-state index is 12.5. The number of nitrogens with one attached hydrogen (secondary N) is 2. The van der Waals surface area contributed by atoms with Gasteiger partial charge in [0.05, 0.1) is 12.8 Å². The molecule has 0 saturated heterocycles. The van der Waals surface area contributed by atoms with E-state index in [0.717, 1.165) is 16.7 Å². The van der Waals surface area contributed by atoms with E-state index in [1.165, 1.54) is 4.57 Å². The fourth-order valence-corrected chi connectivity index (χ4v) is 2.96. The Morgan fingerprint density at radius 2 is 1.86 bits per heavy atom. The van der Waals surface area contributed by atoms with Gasteiger partial charge in [-0.15, -0.1) is 0 Å². The molecule has 2 N–H and O–H groups in total. The van der Waals surface area contributed by atoms with Gasteiger partial charge in [-0.1, -0.05) is 29.8 Å². The van der Waals surface area contributed by atoms with Gasteiger partial charge in [-0.3, -0.25) is 23.9 Å². The van der Waals surface area contributed by atoms with Crippen LogP contribution < -0.4 is 16.7 Å². The molecule has 0 aliphatic rings. The first-order chi connectivity index (χ1) is 14.0. The number of imidazole rings is 1. The number of hydrogen-bond donors (Lipinski definition) is 2. The van der Waals surface area contributed by atoms with Gasteiger partial charge < -0.3 is 0 Å². The topological polar surface area (TPSA) is 110 Å². The Balaban J connectivity index is 1.79. The predicted molar refractivity (Wildman–Crippen MR) is 111 cm³/mol. The molecule has 0 fully saturated rings. The summed E-state index contributed by atoms with van der Waals surface area (Å²) in [4.78, 5) is 35.2. The molecule has 0 saturated carbocycles. The van der Waals surface area contributed by atoms with Gasteiger partial charge in [0.15, 0.2) is 11.2 Å². The summed E-state index contributed by atoms with van der Waals surface area (Å²) in [6.45, 7) is 2.41. The minimum atomic E-state index is -0.519. The van der Waals surface area contributed by atoms with Crippen molar-refractivity contribution in [2.45, 2.75) is 13.5 Å². The number of rotatable bonds is 5. The molecule has 0 radical (unpaired) electrons. The van der Waals surface area contributed by atoms with Crippen LogP contribution in [0.3, 0.4) is 0 Å². The highest BCUT2D eigenvalue weighted by Crippen LogP contribution is 2.18. The predicted octanol–water partition coefficient (Wildman–Crippen LogP) is 1.62. The monoisotopic (exact) mass is 389 g/mol. The summed E-state index contributed by atoms with van der Waals surface area (Å²) >= 11 is 0. The maximum absolute atomic E-state index is 12.5. The number of H-pyrrole nitrogens is 1. The van der Waals surface area contributed by atoms with Gasteiger partial charge in [-0.25, -0.2) is 10.2 Å². The molecule has 9 nitrogen and oxygen atoms in total. The van der Waals surface area contributed by atoms with Crippen LogP contribution in [-0.2, 0) is 13.6 Å². The van der Waals surface area contributed by atoms with Crippen LogP contribution in [0, 0.1) is 6.92 Å². The van der Waals surface area contributed by atoms with Gasteiger partial charge in [-0.05, 0) is 30.2 Å². The number of hydrogen-bond acceptors (Lipinski definition) is 6. The Kier molecular flexibility index (Phi) is 4.78. The van der Waals surface area contributed by atoms with E-state index in [2.05, 4.69) is 25.5 Å². The van der Waals surface area contributed by atoms with Crippen LogP contribution in [0.4, 0.5) is 5.95 Å². The smallest absolute Gasteiger partial charge is 0.298 e. The molecule has 9 heteroatoms. The van der Waals surface area contributed by atoms with Crippen molar-refractivity contribution in [3.8, 4) is 0 Å². The van der Waals surface area contributed by atoms with Crippen molar-refractivity contribution in [2.75, 3.05) is 5.43 Å². The highest BCUT2D eigenvalue weighted by molar-refractivity contribution is 5.80. The number of benzene rings is 1. The van der Waals surface area contributed by atoms with E-state index in [1.54, 1.807) is 30.2 Å².